The second-order valence-corrected chi connectivity index (χ2v) is 15.2. The van der Waals surface area contributed by atoms with Gasteiger partial charge >= 0.3 is 0 Å². The van der Waals surface area contributed by atoms with E-state index >= 15 is 0 Å². The Morgan fingerprint density at radius 1 is 0.310 bits per heavy atom. The Bertz CT molecular complexity index is 3780. The smallest absolute Gasteiger partial charge is 0.101 e. The van der Waals surface area contributed by atoms with Gasteiger partial charge in [0.2, 0.25) is 0 Å². The molecule has 0 aromatic heterocycles. The van der Waals surface area contributed by atoms with E-state index in [9.17, 15) is 21.0 Å². The van der Waals surface area contributed by atoms with Gasteiger partial charge in [0.1, 0.15) is 24.3 Å². The Kier molecular flexibility index (Phi) is 6.91. The molecule has 0 unspecified atom stereocenters. The monoisotopic (exact) mass is 732 g/mol. The van der Waals surface area contributed by atoms with Crippen LogP contribution in [0.15, 0.2) is 133 Å². The Morgan fingerprint density at radius 3 is 1.43 bits per heavy atom. The van der Waals surface area contributed by atoms with Gasteiger partial charge in [-0.1, -0.05) is 115 Å². The van der Waals surface area contributed by atoms with Crippen molar-refractivity contribution in [1.82, 2.24) is 0 Å². The van der Waals surface area contributed by atoms with Gasteiger partial charge in [0.05, 0.1) is 22.3 Å². The standard InChI is InChI=1S/C54H28N4/c1-29-10-5-11-30(2)47(29)39-22-23-42-48-36(39)19-9-21-41(48)53-50(37-16-6-12-31(25-55)45(37)27-57)44-24-43-34-15-4-3-14-33(34)35-18-8-20-40(49(35)43)51(44)52(54(42)53)38-17-7-13-32(26-56)46(38)28-58/h3-24H,1-2H3. The lowest BCUT2D eigenvalue weighted by Gasteiger charge is -2.20. The molecule has 0 aliphatic carbocycles. The van der Waals surface area contributed by atoms with Crippen LogP contribution in [-0.4, -0.2) is 0 Å². The molecule has 0 bridgehead atoms. The molecule has 264 valence electrons. The van der Waals surface area contributed by atoms with Gasteiger partial charge < -0.3 is 0 Å². The Labute approximate surface area is 333 Å². The number of nitriles is 4. The minimum atomic E-state index is 0.309. The molecule has 0 heterocycles. The summed E-state index contributed by atoms with van der Waals surface area (Å²) in [5.74, 6) is 0. The van der Waals surface area contributed by atoms with E-state index in [4.69, 9.17) is 0 Å². The molecule has 11 aromatic rings. The van der Waals surface area contributed by atoms with E-state index in [-0.39, 0.29) is 0 Å². The van der Waals surface area contributed by atoms with E-state index in [1.807, 2.05) is 24.3 Å². The molecular formula is C54H28N4. The molecule has 11 aromatic carbocycles. The third kappa shape index (κ3) is 4.19. The number of hydrogen-bond donors (Lipinski definition) is 0. The van der Waals surface area contributed by atoms with Crippen molar-refractivity contribution in [3.8, 4) is 57.7 Å². The van der Waals surface area contributed by atoms with Crippen LogP contribution in [-0.2, 0) is 0 Å². The number of rotatable bonds is 3. The lowest BCUT2D eigenvalue weighted by atomic mass is 9.81. The summed E-state index contributed by atoms with van der Waals surface area (Å²) in [7, 11) is 0. The third-order valence-electron chi connectivity index (χ3n) is 12.4. The normalized spacial score (nSPS) is 11.6. The van der Waals surface area contributed by atoms with Crippen molar-refractivity contribution in [2.45, 2.75) is 13.8 Å². The van der Waals surface area contributed by atoms with Crippen LogP contribution in [0.1, 0.15) is 33.4 Å². The van der Waals surface area contributed by atoms with E-state index in [0.29, 0.717) is 33.4 Å². The second-order valence-electron chi connectivity index (χ2n) is 15.2. The van der Waals surface area contributed by atoms with E-state index in [2.05, 4.69) is 135 Å². The minimum Gasteiger partial charge on any atom is -0.192 e. The summed E-state index contributed by atoms with van der Waals surface area (Å²) < 4.78 is 0. The first kappa shape index (κ1) is 33.1. The maximum absolute atomic E-state index is 10.9. The topological polar surface area (TPSA) is 95.2 Å². The molecule has 0 N–H and O–H groups in total. The zero-order valence-electron chi connectivity index (χ0n) is 31.5. The fourth-order valence-electron chi connectivity index (χ4n) is 10.2. The molecule has 11 rings (SSSR count). The molecule has 0 fully saturated rings. The molecule has 4 heteroatoms. The number of nitrogens with zero attached hydrogens (tertiary/aromatic N) is 4. The first-order valence-electron chi connectivity index (χ1n) is 19.2. The summed E-state index contributed by atoms with van der Waals surface area (Å²) in [4.78, 5) is 0. The van der Waals surface area contributed by atoms with Crippen LogP contribution < -0.4 is 0 Å². The zero-order valence-corrected chi connectivity index (χ0v) is 31.5. The van der Waals surface area contributed by atoms with Crippen molar-refractivity contribution in [3.05, 3.63) is 167 Å². The lowest BCUT2D eigenvalue weighted by Crippen LogP contribution is -1.96. The van der Waals surface area contributed by atoms with Gasteiger partial charge in [0.15, 0.2) is 0 Å². The molecule has 4 nitrogen and oxygen atoms in total. The van der Waals surface area contributed by atoms with E-state index < -0.39 is 0 Å². The predicted octanol–water partition coefficient (Wildman–Crippen LogP) is 13.7. The fourth-order valence-corrected chi connectivity index (χ4v) is 10.2. The van der Waals surface area contributed by atoms with E-state index in [1.165, 1.54) is 16.7 Å². The van der Waals surface area contributed by atoms with Crippen LogP contribution in [0.25, 0.3) is 109 Å². The van der Waals surface area contributed by atoms with Gasteiger partial charge in [-0.15, -0.1) is 0 Å². The number of benzene rings is 9. The summed E-state index contributed by atoms with van der Waals surface area (Å²) in [5, 5.41) is 57.0. The molecule has 0 saturated heterocycles. The molecule has 0 atom stereocenters. The van der Waals surface area contributed by atoms with Gasteiger partial charge in [-0.25, -0.2) is 0 Å². The molecule has 0 aliphatic heterocycles. The first-order valence-corrected chi connectivity index (χ1v) is 19.2. The Morgan fingerprint density at radius 2 is 0.793 bits per heavy atom. The summed E-state index contributed by atoms with van der Waals surface area (Å²) >= 11 is 0. The van der Waals surface area contributed by atoms with Crippen molar-refractivity contribution >= 4 is 75.4 Å². The van der Waals surface area contributed by atoms with Crippen molar-refractivity contribution in [2.24, 2.45) is 0 Å². The van der Waals surface area contributed by atoms with Crippen LogP contribution in [0.4, 0.5) is 0 Å². The van der Waals surface area contributed by atoms with Crippen molar-refractivity contribution in [1.29, 1.82) is 21.0 Å². The summed E-state index contributed by atoms with van der Waals surface area (Å²) in [6.45, 7) is 4.30. The predicted molar refractivity (Wildman–Crippen MR) is 236 cm³/mol. The van der Waals surface area contributed by atoms with Gasteiger partial charge in [-0.05, 0) is 135 Å². The van der Waals surface area contributed by atoms with E-state index in [1.54, 1.807) is 12.1 Å². The Balaban J connectivity index is 1.51. The lowest BCUT2D eigenvalue weighted by molar-refractivity contribution is 1.39. The van der Waals surface area contributed by atoms with Gasteiger partial charge in [-0.3, -0.25) is 0 Å². The SMILES string of the molecule is Cc1cccc(C)c1-c1ccc2c3c(-c4cccc(C#N)c4C#N)c4c(cc5c6ccccc6c6cccc4c65)c(-c4cccc(C#N)c4C#N)c3c3cccc1c32. The highest BCUT2D eigenvalue weighted by molar-refractivity contribution is 6.45. The second kappa shape index (κ2) is 12.1. The number of aryl methyl sites for hydroxylation is 2. The highest BCUT2D eigenvalue weighted by Crippen LogP contribution is 2.56. The number of fused-ring (bicyclic) bond motifs is 8. The highest BCUT2D eigenvalue weighted by atomic mass is 14.3. The molecule has 0 amide bonds. The average Bonchev–Trinajstić information content (AvgIpc) is 3.77. The largest absolute Gasteiger partial charge is 0.192 e. The fraction of sp³-hybridized carbons (Fsp3) is 0.0370. The van der Waals surface area contributed by atoms with Crippen LogP contribution in [0.2, 0.25) is 0 Å². The van der Waals surface area contributed by atoms with Gasteiger partial charge in [-0.2, -0.15) is 21.0 Å². The Hall–Kier alpha value is -8.28. The highest BCUT2D eigenvalue weighted by Gasteiger charge is 2.29. The first-order chi connectivity index (χ1) is 28.5. The maximum atomic E-state index is 10.9. The van der Waals surface area contributed by atoms with Crippen LogP contribution in [0.3, 0.4) is 0 Å². The summed E-state index contributed by atoms with van der Waals surface area (Å²) in [5.41, 5.74) is 9.04. The summed E-state index contributed by atoms with van der Waals surface area (Å²) in [6, 6.07) is 55.0. The van der Waals surface area contributed by atoms with Crippen LogP contribution in [0.5, 0.6) is 0 Å². The molecule has 0 aliphatic rings. The summed E-state index contributed by atoms with van der Waals surface area (Å²) in [6.07, 6.45) is 0. The maximum Gasteiger partial charge on any atom is 0.101 e. The quantitative estimate of drug-likeness (QED) is 0.169. The average molecular weight is 733 g/mol. The van der Waals surface area contributed by atoms with Crippen molar-refractivity contribution < 1.29 is 0 Å². The van der Waals surface area contributed by atoms with Gasteiger partial charge in [0, 0.05) is 16.7 Å². The molecule has 58 heavy (non-hydrogen) atoms. The van der Waals surface area contributed by atoms with Crippen LogP contribution in [0, 0.1) is 59.2 Å². The van der Waals surface area contributed by atoms with Gasteiger partial charge in [0.25, 0.3) is 0 Å². The van der Waals surface area contributed by atoms with Crippen molar-refractivity contribution in [3.63, 3.8) is 0 Å². The third-order valence-corrected chi connectivity index (χ3v) is 12.4. The number of hydrogen-bond acceptors (Lipinski definition) is 4. The molecule has 0 spiro atoms. The molecule has 0 radical (unpaired) electrons. The zero-order chi connectivity index (χ0) is 39.4. The van der Waals surface area contributed by atoms with Crippen molar-refractivity contribution in [2.75, 3.05) is 0 Å². The molecule has 0 saturated carbocycles. The minimum absolute atomic E-state index is 0.309. The van der Waals surface area contributed by atoms with E-state index in [0.717, 1.165) is 92.1 Å². The molecular weight excluding hydrogens is 705 g/mol. The van der Waals surface area contributed by atoms with Crippen LogP contribution >= 0.6 is 0 Å².